The summed E-state index contributed by atoms with van der Waals surface area (Å²) in [6.45, 7) is 8.00. The van der Waals surface area contributed by atoms with Gasteiger partial charge in [0.2, 0.25) is 0 Å². The normalized spacial score (nSPS) is 15.4. The first-order valence-electron chi connectivity index (χ1n) is 8.61. The summed E-state index contributed by atoms with van der Waals surface area (Å²) in [4.78, 5) is 15.3. The number of hydrogen-bond donors (Lipinski definition) is 3. The first-order chi connectivity index (χ1) is 12.8. The summed E-state index contributed by atoms with van der Waals surface area (Å²) < 4.78 is 0. The molecule has 0 saturated carbocycles. The van der Waals surface area contributed by atoms with Crippen molar-refractivity contribution in [2.75, 3.05) is 5.73 Å². The van der Waals surface area contributed by atoms with Gasteiger partial charge >= 0.3 is 0 Å². The molecule has 0 aromatic carbocycles. The predicted molar refractivity (Wildman–Crippen MR) is 106 cm³/mol. The number of nitrogens with one attached hydrogen (secondary N) is 2. The maximum atomic E-state index is 11.2. The molecular weight excluding hydrogens is 340 g/mol. The van der Waals surface area contributed by atoms with Gasteiger partial charge in [0.1, 0.15) is 5.82 Å². The van der Waals surface area contributed by atoms with Crippen LogP contribution < -0.4 is 11.1 Å². The van der Waals surface area contributed by atoms with E-state index in [0.29, 0.717) is 17.4 Å². The molecule has 3 heterocycles. The molecule has 0 saturated heterocycles. The van der Waals surface area contributed by atoms with Crippen molar-refractivity contribution in [2.45, 2.75) is 40.2 Å². The second-order valence-electron chi connectivity index (χ2n) is 6.47. The van der Waals surface area contributed by atoms with Crippen molar-refractivity contribution in [1.29, 1.82) is 5.26 Å². The molecule has 0 bridgehead atoms. The van der Waals surface area contributed by atoms with Crippen LogP contribution in [-0.4, -0.2) is 27.0 Å². The Bertz CT molecular complexity index is 932. The highest BCUT2D eigenvalue weighted by atomic mass is 16.1. The quantitative estimate of drug-likeness (QED) is 0.720. The van der Waals surface area contributed by atoms with Gasteiger partial charge in [-0.3, -0.25) is 14.9 Å². The van der Waals surface area contributed by atoms with E-state index in [2.05, 4.69) is 40.4 Å². The topological polar surface area (TPSA) is 120 Å². The molecule has 3 rings (SSSR count). The minimum Gasteiger partial charge on any atom is -0.384 e. The molecule has 0 aliphatic carbocycles. The number of dihydropyridines is 1. The fourth-order valence-corrected chi connectivity index (χ4v) is 2.37. The number of aromatic amines is 1. The first-order valence-corrected chi connectivity index (χ1v) is 8.61. The average Bonchev–Trinajstić information content (AvgIpc) is 3.07. The van der Waals surface area contributed by atoms with Crippen molar-refractivity contribution < 1.29 is 4.79 Å². The molecule has 2 aromatic heterocycles. The molecule has 1 unspecified atom stereocenters. The lowest BCUT2D eigenvalue weighted by Crippen LogP contribution is -2.24. The number of aryl methyl sites for hydroxylation is 2. The van der Waals surface area contributed by atoms with Crippen LogP contribution in [0, 0.1) is 25.2 Å². The molecule has 140 valence electrons. The lowest BCUT2D eigenvalue weighted by molar-refractivity contribution is 0.0997. The number of hydrogen-bond acceptors (Lipinski definition) is 6. The molecule has 0 radical (unpaired) electrons. The minimum atomic E-state index is -0.168. The van der Waals surface area contributed by atoms with E-state index in [4.69, 9.17) is 11.0 Å². The van der Waals surface area contributed by atoms with Gasteiger partial charge in [0.15, 0.2) is 5.78 Å². The van der Waals surface area contributed by atoms with Crippen molar-refractivity contribution in [2.24, 2.45) is 0 Å². The van der Waals surface area contributed by atoms with Crippen LogP contribution in [0.4, 0.5) is 5.82 Å². The number of nitrogens with zero attached hydrogens (tertiary/aromatic N) is 3. The molecule has 4 N–H and O–H groups in total. The van der Waals surface area contributed by atoms with Crippen LogP contribution in [0.5, 0.6) is 0 Å². The van der Waals surface area contributed by atoms with Gasteiger partial charge in [0, 0.05) is 41.3 Å². The van der Waals surface area contributed by atoms with Crippen molar-refractivity contribution >= 4 is 17.2 Å². The fraction of sp³-hybridized carbons (Fsp3) is 0.300. The van der Waals surface area contributed by atoms with Crippen molar-refractivity contribution in [3.63, 3.8) is 0 Å². The summed E-state index contributed by atoms with van der Waals surface area (Å²) in [5.41, 5.74) is 11.3. The molecule has 0 fully saturated rings. The molecule has 0 spiro atoms. The van der Waals surface area contributed by atoms with Gasteiger partial charge in [-0.25, -0.2) is 0 Å². The Labute approximate surface area is 159 Å². The van der Waals surface area contributed by atoms with Gasteiger partial charge < -0.3 is 11.1 Å². The third-order valence-corrected chi connectivity index (χ3v) is 4.37. The molecular formula is C20H24N6O. The lowest BCUT2D eigenvalue weighted by atomic mass is 10.0. The number of nitrogens with two attached hydrogens (primary N) is 1. The monoisotopic (exact) mass is 364 g/mol. The van der Waals surface area contributed by atoms with E-state index >= 15 is 0 Å². The van der Waals surface area contributed by atoms with E-state index in [1.54, 1.807) is 6.07 Å². The molecule has 27 heavy (non-hydrogen) atoms. The number of ketones is 1. The van der Waals surface area contributed by atoms with Crippen LogP contribution in [0.3, 0.4) is 0 Å². The first kappa shape index (κ1) is 19.9. The number of H-pyrrole nitrogens is 1. The van der Waals surface area contributed by atoms with E-state index in [0.717, 1.165) is 22.5 Å². The summed E-state index contributed by atoms with van der Waals surface area (Å²) in [6, 6.07) is 5.82. The van der Waals surface area contributed by atoms with Gasteiger partial charge in [-0.15, -0.1) is 0 Å². The highest BCUT2D eigenvalue weighted by Crippen LogP contribution is 2.20. The van der Waals surface area contributed by atoms with E-state index < -0.39 is 0 Å². The largest absolute Gasteiger partial charge is 0.384 e. The van der Waals surface area contributed by atoms with E-state index in [-0.39, 0.29) is 12.2 Å². The Balaban J connectivity index is 0.000000194. The average molecular weight is 364 g/mol. The number of nitriles is 1. The van der Waals surface area contributed by atoms with E-state index in [1.165, 1.54) is 11.8 Å². The third kappa shape index (κ3) is 5.28. The number of pyridine rings is 1. The zero-order chi connectivity index (χ0) is 20.0. The van der Waals surface area contributed by atoms with Gasteiger partial charge in [-0.1, -0.05) is 11.6 Å². The summed E-state index contributed by atoms with van der Waals surface area (Å²) in [7, 11) is 0. The van der Waals surface area contributed by atoms with E-state index in [9.17, 15) is 4.79 Å². The Kier molecular flexibility index (Phi) is 6.50. The predicted octanol–water partition coefficient (Wildman–Crippen LogP) is 3.07. The van der Waals surface area contributed by atoms with Crippen LogP contribution >= 0.6 is 0 Å². The molecule has 7 nitrogen and oxygen atoms in total. The zero-order valence-corrected chi connectivity index (χ0v) is 16.0. The summed E-state index contributed by atoms with van der Waals surface area (Å²) in [5.74, 6) is 0.351. The van der Waals surface area contributed by atoms with Gasteiger partial charge in [-0.05, 0) is 39.3 Å². The second kappa shape index (κ2) is 8.81. The smallest absolute Gasteiger partial charge is 0.178 e. The van der Waals surface area contributed by atoms with Gasteiger partial charge in [0.05, 0.1) is 18.2 Å². The Hall–Kier alpha value is -3.40. The summed E-state index contributed by atoms with van der Waals surface area (Å²) in [6.07, 6.45) is 5.55. The number of anilines is 1. The number of nitrogen functional groups attached to an aromatic ring is 1. The SMILES string of the molecule is CC1=CC(c2cc(N)n[nH]2)=CNC1C.Cc1cc(C(=O)CC#N)cnc1C. The van der Waals surface area contributed by atoms with Crippen LogP contribution in [0.2, 0.25) is 0 Å². The number of aromatic nitrogens is 3. The number of allylic oxidation sites excluding steroid dienone is 2. The Morgan fingerprint density at radius 2 is 2.07 bits per heavy atom. The number of carbonyl (C=O) groups excluding carboxylic acids is 1. The highest BCUT2D eigenvalue weighted by molar-refractivity contribution is 5.97. The highest BCUT2D eigenvalue weighted by Gasteiger charge is 2.11. The number of carbonyl (C=O) groups is 1. The molecule has 1 aliphatic rings. The van der Waals surface area contributed by atoms with Gasteiger partial charge in [0.25, 0.3) is 0 Å². The Morgan fingerprint density at radius 3 is 2.63 bits per heavy atom. The molecule has 0 amide bonds. The lowest BCUT2D eigenvalue weighted by Gasteiger charge is -2.18. The van der Waals surface area contributed by atoms with Crippen LogP contribution in [0.25, 0.3) is 5.57 Å². The summed E-state index contributed by atoms with van der Waals surface area (Å²) >= 11 is 0. The van der Waals surface area contributed by atoms with Gasteiger partial charge in [-0.2, -0.15) is 10.4 Å². The number of rotatable bonds is 3. The van der Waals surface area contributed by atoms with Crippen LogP contribution in [0.15, 0.2) is 36.2 Å². The second-order valence-corrected chi connectivity index (χ2v) is 6.47. The molecule has 1 atom stereocenters. The summed E-state index contributed by atoms with van der Waals surface area (Å²) in [5, 5.41) is 18.4. The minimum absolute atomic E-state index is 0.0792. The number of Topliss-reactive ketones (excluding diaryl/α,β-unsaturated/α-hetero) is 1. The Morgan fingerprint density at radius 1 is 1.33 bits per heavy atom. The molecule has 2 aromatic rings. The van der Waals surface area contributed by atoms with Crippen molar-refractivity contribution in [1.82, 2.24) is 20.5 Å². The zero-order valence-electron chi connectivity index (χ0n) is 16.0. The molecule has 1 aliphatic heterocycles. The fourth-order valence-electron chi connectivity index (χ4n) is 2.37. The third-order valence-electron chi connectivity index (χ3n) is 4.37. The van der Waals surface area contributed by atoms with E-state index in [1.807, 2.05) is 32.2 Å². The van der Waals surface area contributed by atoms with Crippen LogP contribution in [0.1, 0.15) is 47.6 Å². The van der Waals surface area contributed by atoms with Crippen LogP contribution in [-0.2, 0) is 0 Å². The maximum Gasteiger partial charge on any atom is 0.178 e. The standard InChI is InChI=1S/C10H14N4.C10H10N2O/c1-6-3-8(5-12-7(6)2)9-4-10(11)14-13-9;1-7-5-9(6-12-8(7)2)10(13)3-4-11/h3-5,7,12H,1-2H3,(H3,11,13,14);5-6H,3H2,1-2H3. The molecule has 7 heteroatoms. The maximum absolute atomic E-state index is 11.2. The van der Waals surface area contributed by atoms with Crippen molar-refractivity contribution in [3.8, 4) is 6.07 Å². The van der Waals surface area contributed by atoms with Crippen molar-refractivity contribution in [3.05, 3.63) is 58.7 Å².